The molecule has 1 amide bonds. The van der Waals surface area contributed by atoms with E-state index in [2.05, 4.69) is 28.2 Å². The lowest BCUT2D eigenvalue weighted by Gasteiger charge is -2.25. The van der Waals surface area contributed by atoms with Crippen molar-refractivity contribution in [2.24, 2.45) is 0 Å². The van der Waals surface area contributed by atoms with Crippen molar-refractivity contribution in [1.29, 1.82) is 0 Å². The van der Waals surface area contributed by atoms with Crippen molar-refractivity contribution in [3.05, 3.63) is 33.8 Å². The van der Waals surface area contributed by atoms with Gasteiger partial charge in [0.05, 0.1) is 5.56 Å². The van der Waals surface area contributed by atoms with E-state index in [0.717, 1.165) is 28.4 Å². The molecule has 0 heterocycles. The van der Waals surface area contributed by atoms with Crippen LogP contribution in [0.1, 0.15) is 48.5 Å². The highest BCUT2D eigenvalue weighted by Gasteiger charge is 2.30. The SMILES string of the molecule is Cc1cccc(C(=O)NC2(C)CCCC2)c1Br. The largest absolute Gasteiger partial charge is 0.347 e. The van der Waals surface area contributed by atoms with Gasteiger partial charge in [-0.15, -0.1) is 0 Å². The lowest BCUT2D eigenvalue weighted by molar-refractivity contribution is 0.0907. The van der Waals surface area contributed by atoms with Crippen LogP contribution in [0.3, 0.4) is 0 Å². The summed E-state index contributed by atoms with van der Waals surface area (Å²) in [5.74, 6) is 0.0324. The van der Waals surface area contributed by atoms with Crippen molar-refractivity contribution >= 4 is 21.8 Å². The average molecular weight is 296 g/mol. The van der Waals surface area contributed by atoms with Gasteiger partial charge < -0.3 is 5.32 Å². The predicted molar refractivity (Wildman–Crippen MR) is 73.2 cm³/mol. The minimum absolute atomic E-state index is 0.0136. The normalized spacial score (nSPS) is 18.1. The summed E-state index contributed by atoms with van der Waals surface area (Å²) in [5, 5.41) is 3.17. The summed E-state index contributed by atoms with van der Waals surface area (Å²) in [6, 6.07) is 5.79. The van der Waals surface area contributed by atoms with Crippen molar-refractivity contribution in [3.8, 4) is 0 Å². The lowest BCUT2D eigenvalue weighted by atomic mass is 10.00. The van der Waals surface area contributed by atoms with Crippen LogP contribution in [-0.2, 0) is 0 Å². The molecule has 0 aromatic heterocycles. The van der Waals surface area contributed by atoms with Crippen molar-refractivity contribution in [2.75, 3.05) is 0 Å². The van der Waals surface area contributed by atoms with Gasteiger partial charge in [-0.3, -0.25) is 4.79 Å². The zero-order chi connectivity index (χ0) is 12.5. The Labute approximate surface area is 111 Å². The summed E-state index contributed by atoms with van der Waals surface area (Å²) >= 11 is 3.49. The third kappa shape index (κ3) is 2.71. The second-order valence-corrected chi connectivity index (χ2v) is 5.95. The number of halogens is 1. The summed E-state index contributed by atoms with van der Waals surface area (Å²) in [7, 11) is 0. The molecule has 1 fully saturated rings. The Morgan fingerprint density at radius 3 is 2.65 bits per heavy atom. The van der Waals surface area contributed by atoms with Gasteiger partial charge in [-0.25, -0.2) is 0 Å². The van der Waals surface area contributed by atoms with E-state index in [1.807, 2.05) is 25.1 Å². The second-order valence-electron chi connectivity index (χ2n) is 5.16. The molecule has 3 heteroatoms. The molecule has 2 rings (SSSR count). The maximum Gasteiger partial charge on any atom is 0.252 e. The molecule has 0 radical (unpaired) electrons. The van der Waals surface area contributed by atoms with E-state index in [-0.39, 0.29) is 11.4 Å². The van der Waals surface area contributed by atoms with Crippen molar-refractivity contribution in [1.82, 2.24) is 5.32 Å². The van der Waals surface area contributed by atoms with Crippen LogP contribution in [-0.4, -0.2) is 11.4 Å². The summed E-state index contributed by atoms with van der Waals surface area (Å²) < 4.78 is 0.902. The maximum absolute atomic E-state index is 12.2. The first-order valence-corrected chi connectivity index (χ1v) is 6.89. The number of hydrogen-bond acceptors (Lipinski definition) is 1. The fourth-order valence-corrected chi connectivity index (χ4v) is 2.89. The van der Waals surface area contributed by atoms with Gasteiger partial charge in [0.25, 0.3) is 5.91 Å². The molecule has 0 saturated heterocycles. The van der Waals surface area contributed by atoms with Crippen LogP contribution in [0.4, 0.5) is 0 Å². The molecule has 92 valence electrons. The molecule has 1 aromatic carbocycles. The van der Waals surface area contributed by atoms with E-state index in [0.29, 0.717) is 0 Å². The highest BCUT2D eigenvalue weighted by atomic mass is 79.9. The highest BCUT2D eigenvalue weighted by Crippen LogP contribution is 2.30. The monoisotopic (exact) mass is 295 g/mol. The Morgan fingerprint density at radius 2 is 2.00 bits per heavy atom. The number of rotatable bonds is 2. The van der Waals surface area contributed by atoms with Crippen LogP contribution in [0.5, 0.6) is 0 Å². The molecule has 1 N–H and O–H groups in total. The molecule has 2 nitrogen and oxygen atoms in total. The van der Waals surface area contributed by atoms with E-state index in [4.69, 9.17) is 0 Å². The molecule has 1 aliphatic rings. The Balaban J connectivity index is 2.17. The smallest absolute Gasteiger partial charge is 0.252 e. The zero-order valence-corrected chi connectivity index (χ0v) is 11.9. The summed E-state index contributed by atoms with van der Waals surface area (Å²) in [6.07, 6.45) is 4.60. The average Bonchev–Trinajstić information content (AvgIpc) is 2.68. The molecule has 0 unspecified atom stereocenters. The second kappa shape index (κ2) is 4.81. The number of nitrogens with one attached hydrogen (secondary N) is 1. The molecule has 17 heavy (non-hydrogen) atoms. The minimum atomic E-state index is -0.0136. The van der Waals surface area contributed by atoms with Crippen molar-refractivity contribution in [2.45, 2.75) is 45.1 Å². The lowest BCUT2D eigenvalue weighted by Crippen LogP contribution is -2.43. The fraction of sp³-hybridized carbons (Fsp3) is 0.500. The van der Waals surface area contributed by atoms with E-state index in [1.165, 1.54) is 12.8 Å². The first-order valence-electron chi connectivity index (χ1n) is 6.09. The van der Waals surface area contributed by atoms with E-state index < -0.39 is 0 Å². The first kappa shape index (κ1) is 12.6. The van der Waals surface area contributed by atoms with Crippen LogP contribution in [0.25, 0.3) is 0 Å². The van der Waals surface area contributed by atoms with Gasteiger partial charge in [0.2, 0.25) is 0 Å². The third-order valence-electron chi connectivity index (χ3n) is 3.56. The Hall–Kier alpha value is -0.830. The van der Waals surface area contributed by atoms with E-state index >= 15 is 0 Å². The molecule has 1 aliphatic carbocycles. The molecule has 0 spiro atoms. The molecule has 1 saturated carbocycles. The maximum atomic E-state index is 12.2. The highest BCUT2D eigenvalue weighted by molar-refractivity contribution is 9.10. The number of hydrogen-bond donors (Lipinski definition) is 1. The first-order chi connectivity index (χ1) is 8.02. The predicted octanol–water partition coefficient (Wildman–Crippen LogP) is 3.82. The van der Waals surface area contributed by atoms with Crippen LogP contribution < -0.4 is 5.32 Å². The van der Waals surface area contributed by atoms with Crippen molar-refractivity contribution in [3.63, 3.8) is 0 Å². The quantitative estimate of drug-likeness (QED) is 0.883. The van der Waals surface area contributed by atoms with Gasteiger partial charge in [-0.05, 0) is 54.2 Å². The van der Waals surface area contributed by atoms with Gasteiger partial charge in [0.1, 0.15) is 0 Å². The summed E-state index contributed by atoms with van der Waals surface area (Å²) in [4.78, 5) is 12.2. The summed E-state index contributed by atoms with van der Waals surface area (Å²) in [6.45, 7) is 4.14. The van der Waals surface area contributed by atoms with Gasteiger partial charge in [0, 0.05) is 10.0 Å². The van der Waals surface area contributed by atoms with Gasteiger partial charge in [-0.1, -0.05) is 25.0 Å². The Bertz CT molecular complexity index is 436. The molecule has 1 aromatic rings. The number of carbonyl (C=O) groups excluding carboxylic acids is 1. The Morgan fingerprint density at radius 1 is 1.35 bits per heavy atom. The number of carbonyl (C=O) groups is 1. The van der Waals surface area contributed by atoms with Gasteiger partial charge >= 0.3 is 0 Å². The van der Waals surface area contributed by atoms with Gasteiger partial charge in [0.15, 0.2) is 0 Å². The number of aryl methyl sites for hydroxylation is 1. The van der Waals surface area contributed by atoms with Crippen LogP contribution in [0.15, 0.2) is 22.7 Å². The van der Waals surface area contributed by atoms with Crippen LogP contribution >= 0.6 is 15.9 Å². The Kier molecular flexibility index (Phi) is 3.57. The molecule has 0 bridgehead atoms. The molecule has 0 atom stereocenters. The number of benzene rings is 1. The topological polar surface area (TPSA) is 29.1 Å². The fourth-order valence-electron chi connectivity index (χ4n) is 2.44. The van der Waals surface area contributed by atoms with Crippen LogP contribution in [0.2, 0.25) is 0 Å². The molecular formula is C14H18BrNO. The standard InChI is InChI=1S/C14H18BrNO/c1-10-6-5-7-11(12(10)15)13(17)16-14(2)8-3-4-9-14/h5-7H,3-4,8-9H2,1-2H3,(H,16,17). The summed E-state index contributed by atoms with van der Waals surface area (Å²) in [5.41, 5.74) is 1.81. The van der Waals surface area contributed by atoms with Crippen LogP contribution in [0, 0.1) is 6.92 Å². The minimum Gasteiger partial charge on any atom is -0.347 e. The molecule has 0 aliphatic heterocycles. The van der Waals surface area contributed by atoms with Gasteiger partial charge in [-0.2, -0.15) is 0 Å². The van der Waals surface area contributed by atoms with E-state index in [9.17, 15) is 4.79 Å². The zero-order valence-electron chi connectivity index (χ0n) is 10.3. The van der Waals surface area contributed by atoms with Crippen molar-refractivity contribution < 1.29 is 4.79 Å². The number of amides is 1. The third-order valence-corrected chi connectivity index (χ3v) is 4.61. The molecular weight excluding hydrogens is 278 g/mol. The van der Waals surface area contributed by atoms with E-state index in [1.54, 1.807) is 0 Å².